The average molecular weight is 1090 g/mol. The van der Waals surface area contributed by atoms with E-state index in [0.29, 0.717) is 26.3 Å². The predicted molar refractivity (Wildman–Crippen MR) is 343 cm³/mol. The minimum atomic E-state index is -0.482. The molecule has 6 nitrogen and oxygen atoms in total. The van der Waals surface area contributed by atoms with Crippen LogP contribution in [0.25, 0.3) is 21.8 Å². The van der Waals surface area contributed by atoms with Crippen molar-refractivity contribution in [2.75, 3.05) is 10.6 Å². The first-order valence-corrected chi connectivity index (χ1v) is 28.7. The molecular weight excluding hydrogens is 1020 g/mol. The van der Waals surface area contributed by atoms with Crippen LogP contribution in [0.2, 0.25) is 0 Å². The second-order valence-electron chi connectivity index (χ2n) is 21.2. The summed E-state index contributed by atoms with van der Waals surface area (Å²) in [5.41, 5.74) is 16.5. The number of fused-ring (bicyclic) bond motifs is 3. The molecule has 0 fully saturated rings. The van der Waals surface area contributed by atoms with Crippen molar-refractivity contribution in [3.05, 3.63) is 382 Å². The largest absolute Gasteiger partial charge is 0.487 e. The van der Waals surface area contributed by atoms with Gasteiger partial charge in [-0.1, -0.05) is 255 Å². The van der Waals surface area contributed by atoms with Crippen molar-refractivity contribution in [2.45, 2.75) is 37.1 Å². The number of hydrogen-bond acceptors (Lipinski definition) is 6. The molecule has 2 heterocycles. The summed E-state index contributed by atoms with van der Waals surface area (Å²) in [6, 6.07) is 112. The first-order valence-electron chi connectivity index (χ1n) is 28.7. The molecule has 0 amide bonds. The van der Waals surface area contributed by atoms with Gasteiger partial charge in [0.05, 0.1) is 33.3 Å². The molecule has 0 unspecified atom stereocenters. The molecule has 0 saturated carbocycles. The molecule has 0 aliphatic rings. The number of nitrogens with one attached hydrogen (secondary N) is 2. The van der Waals surface area contributed by atoms with E-state index in [2.05, 4.69) is 290 Å². The third-order valence-corrected chi connectivity index (χ3v) is 16.1. The lowest BCUT2D eigenvalue weighted by Crippen LogP contribution is -2.30. The molecule has 6 heteroatoms. The molecule has 84 heavy (non-hydrogen) atoms. The van der Waals surface area contributed by atoms with Crippen LogP contribution in [-0.4, -0.2) is 9.97 Å². The summed E-state index contributed by atoms with van der Waals surface area (Å²) in [6.45, 7) is 1.99. The Morgan fingerprint density at radius 3 is 0.810 bits per heavy atom. The first-order chi connectivity index (χ1) is 41.6. The highest BCUT2D eigenvalue weighted by molar-refractivity contribution is 6.02. The van der Waals surface area contributed by atoms with E-state index < -0.39 is 10.8 Å². The van der Waals surface area contributed by atoms with Crippen molar-refractivity contribution in [2.24, 2.45) is 0 Å². The summed E-state index contributed by atoms with van der Waals surface area (Å²) in [4.78, 5) is 10.2. The molecule has 406 valence electrons. The number of ether oxygens (including phenoxy) is 2. The lowest BCUT2D eigenvalue weighted by Gasteiger charge is -2.37. The molecule has 2 N–H and O–H groups in total. The number of pyridine rings is 2. The van der Waals surface area contributed by atoms with Gasteiger partial charge in [0.15, 0.2) is 0 Å². The zero-order valence-electron chi connectivity index (χ0n) is 46.6. The van der Waals surface area contributed by atoms with Gasteiger partial charge in [0.25, 0.3) is 0 Å². The van der Waals surface area contributed by atoms with Crippen LogP contribution in [0.3, 0.4) is 0 Å². The molecular formula is C78H62N4O2. The molecule has 13 aromatic rings. The van der Waals surface area contributed by atoms with Crippen molar-refractivity contribution in [3.63, 3.8) is 0 Å². The minimum Gasteiger partial charge on any atom is -0.487 e. The van der Waals surface area contributed by atoms with E-state index in [1.807, 2.05) is 36.4 Å². The average Bonchev–Trinajstić information content (AvgIpc) is 2.65. The quantitative estimate of drug-likeness (QED) is 0.0586. The molecule has 0 spiro atoms. The first kappa shape index (κ1) is 52.8. The summed E-state index contributed by atoms with van der Waals surface area (Å²) in [5.74, 6) is 1.56. The van der Waals surface area contributed by atoms with Gasteiger partial charge in [-0.2, -0.15) is 0 Å². The fourth-order valence-corrected chi connectivity index (χ4v) is 11.9. The van der Waals surface area contributed by atoms with Gasteiger partial charge in [-0.3, -0.25) is 0 Å². The third-order valence-electron chi connectivity index (χ3n) is 16.1. The lowest BCUT2D eigenvalue weighted by atomic mass is 9.65. The van der Waals surface area contributed by atoms with E-state index in [1.165, 1.54) is 44.5 Å². The molecule has 13 rings (SSSR count). The van der Waals surface area contributed by atoms with Crippen molar-refractivity contribution in [1.82, 2.24) is 9.97 Å². The monoisotopic (exact) mass is 1090 g/mol. The zero-order valence-corrected chi connectivity index (χ0v) is 46.6. The molecule has 0 radical (unpaired) electrons. The van der Waals surface area contributed by atoms with E-state index in [1.54, 1.807) is 0 Å². The van der Waals surface area contributed by atoms with Gasteiger partial charge in [-0.05, 0) is 116 Å². The highest BCUT2D eigenvalue weighted by atomic mass is 16.5. The maximum absolute atomic E-state index is 6.31. The molecule has 0 bridgehead atoms. The van der Waals surface area contributed by atoms with Crippen LogP contribution in [0.15, 0.2) is 315 Å². The van der Waals surface area contributed by atoms with Crippen LogP contribution in [0.5, 0.6) is 11.5 Å². The SMILES string of the molecule is c1ccc(C(c2ccccc2)(c2ccccc2)c2ccc(NCc3ccc(OCc4ccc5ccc6ccc(COc7ccc(CNc8ccc(C(c9ccccc9)(c9ccccc9)c9ccccc9)cc8)cc7)nc6c5n4)cc3)cc2)cc1. The van der Waals surface area contributed by atoms with E-state index >= 15 is 0 Å². The summed E-state index contributed by atoms with van der Waals surface area (Å²) in [7, 11) is 0. The van der Waals surface area contributed by atoms with Gasteiger partial charge in [0, 0.05) is 35.2 Å². The molecule has 0 aliphatic carbocycles. The standard InChI is InChI=1S/C78H62N4O2/c1-7-19-61(20-8-1)77(62-21-9-2-10-22-62,63-23-11-3-12-24-63)67-39-45-69(46-40-67)79-53-57-31-49-73(50-32-57)83-55-71-43-37-59-35-36-60-38-44-72(82-76(60)75(59)81-71)56-84-74-51-33-58(34-52-74)54-80-70-47-41-68(42-48-70)78(64-25-13-4-14-26-64,65-27-15-5-16-28-65)66-29-17-6-18-30-66/h1-52,79-80H,53-56H2. The third kappa shape index (κ3) is 10.9. The lowest BCUT2D eigenvalue weighted by molar-refractivity contribution is 0.301. The van der Waals surface area contributed by atoms with E-state index in [0.717, 1.165) is 67.2 Å². The molecule has 11 aromatic carbocycles. The summed E-state index contributed by atoms with van der Waals surface area (Å²) < 4.78 is 12.6. The van der Waals surface area contributed by atoms with Crippen LogP contribution < -0.4 is 20.1 Å². The van der Waals surface area contributed by atoms with Crippen LogP contribution in [0.4, 0.5) is 11.4 Å². The summed E-state index contributed by atoms with van der Waals surface area (Å²) in [6.07, 6.45) is 0. The normalized spacial score (nSPS) is 11.5. The van der Waals surface area contributed by atoms with Crippen molar-refractivity contribution >= 4 is 33.2 Å². The van der Waals surface area contributed by atoms with E-state index in [-0.39, 0.29) is 0 Å². The Hall–Kier alpha value is -10.6. The van der Waals surface area contributed by atoms with Crippen molar-refractivity contribution in [3.8, 4) is 11.5 Å². The predicted octanol–water partition coefficient (Wildman–Crippen LogP) is 17.9. The second kappa shape index (κ2) is 24.3. The maximum atomic E-state index is 6.31. The number of hydrogen-bond donors (Lipinski definition) is 2. The minimum absolute atomic E-state index is 0.326. The maximum Gasteiger partial charge on any atom is 0.130 e. The van der Waals surface area contributed by atoms with Gasteiger partial charge in [0.2, 0.25) is 0 Å². The smallest absolute Gasteiger partial charge is 0.130 e. The Morgan fingerprint density at radius 1 is 0.262 bits per heavy atom. The van der Waals surface area contributed by atoms with E-state index in [9.17, 15) is 0 Å². The second-order valence-corrected chi connectivity index (χ2v) is 21.2. The van der Waals surface area contributed by atoms with Gasteiger partial charge < -0.3 is 20.1 Å². The number of nitrogens with zero attached hydrogens (tertiary/aromatic N) is 2. The summed E-state index contributed by atoms with van der Waals surface area (Å²) >= 11 is 0. The number of benzene rings is 11. The topological polar surface area (TPSA) is 68.3 Å². The van der Waals surface area contributed by atoms with Gasteiger partial charge in [-0.15, -0.1) is 0 Å². The molecule has 2 aromatic heterocycles. The Kier molecular flexibility index (Phi) is 15.2. The highest BCUT2D eigenvalue weighted by Gasteiger charge is 2.39. The Bertz CT molecular complexity index is 3770. The van der Waals surface area contributed by atoms with Gasteiger partial charge in [-0.25, -0.2) is 9.97 Å². The molecule has 0 atom stereocenters. The van der Waals surface area contributed by atoms with Gasteiger partial charge >= 0.3 is 0 Å². The van der Waals surface area contributed by atoms with E-state index in [4.69, 9.17) is 19.4 Å². The van der Waals surface area contributed by atoms with Crippen LogP contribution >= 0.6 is 0 Å². The Balaban J connectivity index is 0.628. The summed E-state index contributed by atoms with van der Waals surface area (Å²) in [5, 5.41) is 9.33. The Morgan fingerprint density at radius 2 is 0.524 bits per heavy atom. The Labute approximate surface area is 491 Å². The highest BCUT2D eigenvalue weighted by Crippen LogP contribution is 2.47. The van der Waals surface area contributed by atoms with Crippen molar-refractivity contribution in [1.29, 1.82) is 0 Å². The number of rotatable bonds is 20. The molecule has 0 saturated heterocycles. The number of anilines is 2. The fourth-order valence-electron chi connectivity index (χ4n) is 11.9. The van der Waals surface area contributed by atoms with Gasteiger partial charge in [0.1, 0.15) is 24.7 Å². The van der Waals surface area contributed by atoms with Crippen molar-refractivity contribution < 1.29 is 9.47 Å². The van der Waals surface area contributed by atoms with Crippen LogP contribution in [-0.2, 0) is 37.1 Å². The molecule has 0 aliphatic heterocycles. The van der Waals surface area contributed by atoms with Crippen LogP contribution in [0.1, 0.15) is 67.0 Å². The zero-order chi connectivity index (χ0) is 56.4. The fraction of sp³-hybridized carbons (Fsp3) is 0.0769. The number of aromatic nitrogens is 2. The van der Waals surface area contributed by atoms with Crippen LogP contribution in [0, 0.1) is 0 Å².